The molecule has 0 unspecified atom stereocenters. The summed E-state index contributed by atoms with van der Waals surface area (Å²) in [6.45, 7) is 1.82. The van der Waals surface area contributed by atoms with E-state index in [-0.39, 0.29) is 11.4 Å². The molecule has 0 aromatic carbocycles. The number of ether oxygens (including phenoxy) is 1. The molecular weight excluding hydrogens is 236 g/mol. The number of nitrogens with one attached hydrogen (secondary N) is 2. The van der Waals surface area contributed by atoms with Crippen LogP contribution < -0.4 is 10.6 Å². The number of amides is 2. The van der Waals surface area contributed by atoms with Gasteiger partial charge in [0.15, 0.2) is 0 Å². The largest absolute Gasteiger partial charge is 0.383 e. The zero-order valence-corrected chi connectivity index (χ0v) is 10.8. The van der Waals surface area contributed by atoms with Gasteiger partial charge in [-0.2, -0.15) is 0 Å². The molecule has 0 bridgehead atoms. The maximum atomic E-state index is 11.5. The zero-order chi connectivity index (χ0) is 12.1. The molecule has 1 aliphatic carbocycles. The third kappa shape index (κ3) is 3.20. The van der Waals surface area contributed by atoms with E-state index in [1.807, 2.05) is 0 Å². The first kappa shape index (κ1) is 12.4. The summed E-state index contributed by atoms with van der Waals surface area (Å²) in [6.07, 6.45) is 2.34. The highest BCUT2D eigenvalue weighted by molar-refractivity contribution is 7.10. The minimum Gasteiger partial charge on any atom is -0.383 e. The van der Waals surface area contributed by atoms with Crippen LogP contribution in [0.25, 0.3) is 0 Å². The van der Waals surface area contributed by atoms with Crippen molar-refractivity contribution >= 4 is 17.4 Å². The van der Waals surface area contributed by atoms with E-state index in [9.17, 15) is 4.79 Å². The highest BCUT2D eigenvalue weighted by Crippen LogP contribution is 2.49. The predicted octanol–water partition coefficient (Wildman–Crippen LogP) is 1.73. The van der Waals surface area contributed by atoms with E-state index >= 15 is 0 Å². The first-order chi connectivity index (χ1) is 8.27. The van der Waals surface area contributed by atoms with Gasteiger partial charge in [-0.1, -0.05) is 6.07 Å². The first-order valence-electron chi connectivity index (χ1n) is 5.81. The average molecular weight is 254 g/mol. The molecule has 1 fully saturated rings. The lowest BCUT2D eigenvalue weighted by atomic mass is 10.1. The Balaban J connectivity index is 1.73. The van der Waals surface area contributed by atoms with Gasteiger partial charge in [-0.05, 0) is 24.3 Å². The SMILES string of the molecule is COCCNC(=O)NCC1(c2cccs2)CC1. The molecule has 0 spiro atoms. The van der Waals surface area contributed by atoms with Crippen LogP contribution in [0.1, 0.15) is 17.7 Å². The first-order valence-corrected chi connectivity index (χ1v) is 6.69. The molecule has 0 radical (unpaired) electrons. The zero-order valence-electron chi connectivity index (χ0n) is 9.99. The van der Waals surface area contributed by atoms with Gasteiger partial charge in [-0.25, -0.2) is 4.79 Å². The molecule has 17 heavy (non-hydrogen) atoms. The number of urea groups is 1. The van der Waals surface area contributed by atoms with Crippen molar-refractivity contribution in [1.29, 1.82) is 0 Å². The minimum absolute atomic E-state index is 0.107. The maximum absolute atomic E-state index is 11.5. The van der Waals surface area contributed by atoms with Gasteiger partial charge in [0.25, 0.3) is 0 Å². The number of hydrogen-bond donors (Lipinski definition) is 2. The molecule has 2 N–H and O–H groups in total. The minimum atomic E-state index is -0.107. The van der Waals surface area contributed by atoms with Crippen LogP contribution in [-0.4, -0.2) is 32.8 Å². The standard InChI is InChI=1S/C12H18N2O2S/c1-16-7-6-13-11(15)14-9-12(4-5-12)10-3-2-8-17-10/h2-3,8H,4-7,9H2,1H3,(H2,13,14,15). The van der Waals surface area contributed by atoms with Crippen molar-refractivity contribution in [2.45, 2.75) is 18.3 Å². The Bertz CT molecular complexity index is 361. The number of carbonyl (C=O) groups is 1. The topological polar surface area (TPSA) is 50.4 Å². The second kappa shape index (κ2) is 5.51. The molecule has 1 aromatic rings. The summed E-state index contributed by atoms with van der Waals surface area (Å²) in [7, 11) is 1.62. The molecule has 94 valence electrons. The Morgan fingerprint density at radius 1 is 1.53 bits per heavy atom. The van der Waals surface area contributed by atoms with Gasteiger partial charge in [-0.15, -0.1) is 11.3 Å². The Morgan fingerprint density at radius 3 is 2.94 bits per heavy atom. The fourth-order valence-corrected chi connectivity index (χ4v) is 2.81. The fourth-order valence-electron chi connectivity index (χ4n) is 1.82. The summed E-state index contributed by atoms with van der Waals surface area (Å²) >= 11 is 1.77. The average Bonchev–Trinajstić information content (AvgIpc) is 2.91. The highest BCUT2D eigenvalue weighted by atomic mass is 32.1. The Hall–Kier alpha value is -1.07. The van der Waals surface area contributed by atoms with Gasteiger partial charge in [-0.3, -0.25) is 0 Å². The van der Waals surface area contributed by atoms with Gasteiger partial charge < -0.3 is 15.4 Å². The Labute approximate surface area is 105 Å². The maximum Gasteiger partial charge on any atom is 0.314 e. The van der Waals surface area contributed by atoms with Gasteiger partial charge in [0.2, 0.25) is 0 Å². The van der Waals surface area contributed by atoms with E-state index in [1.165, 1.54) is 17.7 Å². The number of hydrogen-bond acceptors (Lipinski definition) is 3. The van der Waals surface area contributed by atoms with E-state index < -0.39 is 0 Å². The van der Waals surface area contributed by atoms with E-state index in [4.69, 9.17) is 4.74 Å². The molecule has 5 heteroatoms. The molecule has 1 aliphatic rings. The van der Waals surface area contributed by atoms with Crippen molar-refractivity contribution in [3.63, 3.8) is 0 Å². The molecule has 2 amide bonds. The third-order valence-electron chi connectivity index (χ3n) is 3.08. The second-order valence-corrected chi connectivity index (χ2v) is 5.31. The summed E-state index contributed by atoms with van der Waals surface area (Å²) in [5, 5.41) is 7.78. The van der Waals surface area contributed by atoms with Crippen LogP contribution in [-0.2, 0) is 10.2 Å². The third-order valence-corrected chi connectivity index (χ3v) is 4.19. The van der Waals surface area contributed by atoms with Crippen LogP contribution in [0.15, 0.2) is 17.5 Å². The number of methoxy groups -OCH3 is 1. The molecule has 1 saturated carbocycles. The van der Waals surface area contributed by atoms with E-state index in [0.717, 1.165) is 6.54 Å². The monoisotopic (exact) mass is 254 g/mol. The number of rotatable bonds is 6. The van der Waals surface area contributed by atoms with E-state index in [0.29, 0.717) is 13.2 Å². The fraction of sp³-hybridized carbons (Fsp3) is 0.583. The van der Waals surface area contributed by atoms with Crippen molar-refractivity contribution in [2.24, 2.45) is 0 Å². The van der Waals surface area contributed by atoms with Crippen LogP contribution in [0.3, 0.4) is 0 Å². The quantitative estimate of drug-likeness (QED) is 0.760. The van der Waals surface area contributed by atoms with Crippen molar-refractivity contribution in [3.8, 4) is 0 Å². The molecular formula is C12H18N2O2S. The molecule has 1 heterocycles. The summed E-state index contributed by atoms with van der Waals surface area (Å²) in [5.74, 6) is 0. The molecule has 4 nitrogen and oxygen atoms in total. The highest BCUT2D eigenvalue weighted by Gasteiger charge is 2.45. The molecule has 2 rings (SSSR count). The van der Waals surface area contributed by atoms with E-state index in [2.05, 4.69) is 28.1 Å². The molecule has 0 aliphatic heterocycles. The van der Waals surface area contributed by atoms with Crippen LogP contribution in [0, 0.1) is 0 Å². The van der Waals surface area contributed by atoms with Crippen molar-refractivity contribution in [2.75, 3.05) is 26.8 Å². The van der Waals surface area contributed by atoms with E-state index in [1.54, 1.807) is 18.4 Å². The predicted molar refractivity (Wildman–Crippen MR) is 68.5 cm³/mol. The van der Waals surface area contributed by atoms with Crippen LogP contribution in [0.4, 0.5) is 4.79 Å². The summed E-state index contributed by atoms with van der Waals surface area (Å²) in [6, 6.07) is 4.12. The summed E-state index contributed by atoms with van der Waals surface area (Å²) in [4.78, 5) is 12.9. The van der Waals surface area contributed by atoms with Gasteiger partial charge in [0, 0.05) is 30.5 Å². The van der Waals surface area contributed by atoms with Gasteiger partial charge >= 0.3 is 6.03 Å². The van der Waals surface area contributed by atoms with Gasteiger partial charge in [0.05, 0.1) is 6.61 Å². The number of thiophene rings is 1. The van der Waals surface area contributed by atoms with Crippen molar-refractivity contribution in [3.05, 3.63) is 22.4 Å². The second-order valence-electron chi connectivity index (χ2n) is 4.36. The van der Waals surface area contributed by atoms with Crippen molar-refractivity contribution < 1.29 is 9.53 Å². The lowest BCUT2D eigenvalue weighted by Crippen LogP contribution is -2.40. The van der Waals surface area contributed by atoms with Crippen LogP contribution in [0.2, 0.25) is 0 Å². The lowest BCUT2D eigenvalue weighted by molar-refractivity contribution is 0.195. The van der Waals surface area contributed by atoms with Gasteiger partial charge in [0.1, 0.15) is 0 Å². The lowest BCUT2D eigenvalue weighted by Gasteiger charge is -2.14. The number of carbonyl (C=O) groups excluding carboxylic acids is 1. The van der Waals surface area contributed by atoms with Crippen molar-refractivity contribution in [1.82, 2.24) is 10.6 Å². The molecule has 0 atom stereocenters. The summed E-state index contributed by atoms with van der Waals surface area (Å²) < 4.78 is 4.87. The van der Waals surface area contributed by atoms with Crippen LogP contribution in [0.5, 0.6) is 0 Å². The normalized spacial score (nSPS) is 16.5. The smallest absolute Gasteiger partial charge is 0.314 e. The Kier molecular flexibility index (Phi) is 4.02. The molecule has 1 aromatic heterocycles. The van der Waals surface area contributed by atoms with Crippen LogP contribution >= 0.6 is 11.3 Å². The summed E-state index contributed by atoms with van der Waals surface area (Å²) in [5.41, 5.74) is 0.215. The Morgan fingerprint density at radius 2 is 2.35 bits per heavy atom. The molecule has 0 saturated heterocycles.